The van der Waals surface area contributed by atoms with Crippen LogP contribution >= 0.6 is 11.6 Å². The molecule has 30 heavy (non-hydrogen) atoms. The van der Waals surface area contributed by atoms with E-state index in [-0.39, 0.29) is 23.5 Å². The second-order valence-corrected chi connectivity index (χ2v) is 8.17. The summed E-state index contributed by atoms with van der Waals surface area (Å²) in [4.78, 5) is 29.1. The van der Waals surface area contributed by atoms with E-state index in [1.54, 1.807) is 18.2 Å². The predicted octanol–water partition coefficient (Wildman–Crippen LogP) is 4.64. The molecule has 2 amide bonds. The van der Waals surface area contributed by atoms with Crippen molar-refractivity contribution in [2.75, 3.05) is 36.4 Å². The minimum Gasteiger partial charge on any atom is -0.451 e. The van der Waals surface area contributed by atoms with Crippen molar-refractivity contribution in [3.05, 3.63) is 59.3 Å². The van der Waals surface area contributed by atoms with Gasteiger partial charge in [-0.15, -0.1) is 0 Å². The third-order valence-electron chi connectivity index (χ3n) is 5.28. The quantitative estimate of drug-likeness (QED) is 0.661. The number of nitrogens with one attached hydrogen (secondary N) is 1. The van der Waals surface area contributed by atoms with Crippen molar-refractivity contribution in [2.24, 2.45) is 5.92 Å². The molecule has 6 nitrogen and oxygen atoms in total. The van der Waals surface area contributed by atoms with Gasteiger partial charge in [0.1, 0.15) is 5.58 Å². The maximum Gasteiger partial charge on any atom is 0.291 e. The number of carbonyl (C=O) groups excluding carboxylic acids is 2. The van der Waals surface area contributed by atoms with Crippen molar-refractivity contribution in [1.82, 2.24) is 4.90 Å². The zero-order chi connectivity index (χ0) is 21.3. The summed E-state index contributed by atoms with van der Waals surface area (Å²) in [5, 5.41) is 4.35. The molecule has 2 heterocycles. The Morgan fingerprint density at radius 1 is 1.03 bits per heavy atom. The number of halogens is 1. The molecule has 0 saturated carbocycles. The van der Waals surface area contributed by atoms with Gasteiger partial charge in [-0.25, -0.2) is 0 Å². The molecule has 156 valence electrons. The van der Waals surface area contributed by atoms with Crippen molar-refractivity contribution in [3.63, 3.8) is 0 Å². The first-order valence-corrected chi connectivity index (χ1v) is 10.4. The molecule has 4 rings (SSSR count). The Balaban J connectivity index is 1.52. The molecule has 0 aliphatic carbocycles. The molecule has 3 aromatic rings. The van der Waals surface area contributed by atoms with Gasteiger partial charge in [0.15, 0.2) is 5.76 Å². The van der Waals surface area contributed by atoms with E-state index < -0.39 is 0 Å². The summed E-state index contributed by atoms with van der Waals surface area (Å²) in [5.41, 5.74) is 2.16. The Kier molecular flexibility index (Phi) is 5.68. The highest BCUT2D eigenvalue weighted by Gasteiger charge is 2.25. The Hall–Kier alpha value is -2.99. The maximum atomic E-state index is 12.8. The molecule has 0 bridgehead atoms. The number of anilines is 2. The average Bonchev–Trinajstić information content (AvgIpc) is 3.18. The van der Waals surface area contributed by atoms with Crippen molar-refractivity contribution in [1.29, 1.82) is 0 Å². The molecular formula is C23H24ClN3O3. The third kappa shape index (κ3) is 4.14. The first-order valence-electron chi connectivity index (χ1n) is 10.1. The van der Waals surface area contributed by atoms with Gasteiger partial charge in [-0.3, -0.25) is 9.59 Å². The third-order valence-corrected chi connectivity index (χ3v) is 5.52. The minimum absolute atomic E-state index is 0.00857. The number of amides is 2. The fourth-order valence-electron chi connectivity index (χ4n) is 3.69. The maximum absolute atomic E-state index is 12.8. The van der Waals surface area contributed by atoms with Crippen molar-refractivity contribution >= 4 is 45.8 Å². The number of benzene rings is 2. The molecule has 1 N–H and O–H groups in total. The lowest BCUT2D eigenvalue weighted by molar-refractivity contribution is -0.134. The summed E-state index contributed by atoms with van der Waals surface area (Å²) >= 11 is 6.20. The molecule has 2 aromatic carbocycles. The summed E-state index contributed by atoms with van der Waals surface area (Å²) in [6, 6.07) is 14.7. The van der Waals surface area contributed by atoms with Gasteiger partial charge in [0.05, 0.1) is 11.4 Å². The minimum atomic E-state index is -0.330. The molecule has 0 radical (unpaired) electrons. The van der Waals surface area contributed by atoms with Crippen LogP contribution in [0, 0.1) is 5.92 Å². The normalized spacial score (nSPS) is 14.4. The summed E-state index contributed by atoms with van der Waals surface area (Å²) in [6.45, 7) is 6.51. The van der Waals surface area contributed by atoms with Crippen LogP contribution in [0.4, 0.5) is 11.4 Å². The topological polar surface area (TPSA) is 65.8 Å². The van der Waals surface area contributed by atoms with Gasteiger partial charge in [-0.1, -0.05) is 43.6 Å². The second kappa shape index (κ2) is 8.40. The number of hydrogen-bond acceptors (Lipinski definition) is 4. The van der Waals surface area contributed by atoms with Gasteiger partial charge < -0.3 is 19.5 Å². The van der Waals surface area contributed by atoms with E-state index in [0.29, 0.717) is 42.5 Å². The van der Waals surface area contributed by atoms with E-state index in [2.05, 4.69) is 10.2 Å². The fourth-order valence-corrected chi connectivity index (χ4v) is 3.87. The Bertz CT molecular complexity index is 1050. The van der Waals surface area contributed by atoms with Gasteiger partial charge in [-0.05, 0) is 30.3 Å². The monoisotopic (exact) mass is 425 g/mol. The standard InChI is InChI=1S/C23H24ClN3O3/c1-15(2)23(29)27-11-9-26(10-12-27)19-8-7-17(24)14-18(19)25-22(28)21-13-16-5-3-4-6-20(16)30-21/h3-8,13-15H,9-12H2,1-2H3,(H,25,28). The summed E-state index contributed by atoms with van der Waals surface area (Å²) < 4.78 is 5.68. The van der Waals surface area contributed by atoms with Crippen LogP contribution in [0.5, 0.6) is 0 Å². The van der Waals surface area contributed by atoms with Gasteiger partial charge in [-0.2, -0.15) is 0 Å². The summed E-state index contributed by atoms with van der Waals surface area (Å²) in [7, 11) is 0. The van der Waals surface area contributed by atoms with Gasteiger partial charge >= 0.3 is 0 Å². The molecule has 1 saturated heterocycles. The molecule has 1 fully saturated rings. The van der Waals surface area contributed by atoms with Gasteiger partial charge in [0.2, 0.25) is 5.91 Å². The molecule has 1 aliphatic heterocycles. The smallest absolute Gasteiger partial charge is 0.291 e. The number of hydrogen-bond donors (Lipinski definition) is 1. The largest absolute Gasteiger partial charge is 0.451 e. The second-order valence-electron chi connectivity index (χ2n) is 7.73. The number of para-hydroxylation sites is 1. The highest BCUT2D eigenvalue weighted by molar-refractivity contribution is 6.31. The Morgan fingerprint density at radius 3 is 2.47 bits per heavy atom. The predicted molar refractivity (Wildman–Crippen MR) is 119 cm³/mol. The van der Waals surface area contributed by atoms with Crippen LogP contribution in [0.25, 0.3) is 11.0 Å². The Labute approximate surface area is 180 Å². The van der Waals surface area contributed by atoms with Crippen LogP contribution in [0.15, 0.2) is 52.9 Å². The molecule has 7 heteroatoms. The molecule has 1 aliphatic rings. The number of rotatable bonds is 4. The van der Waals surface area contributed by atoms with Crippen LogP contribution in [0.3, 0.4) is 0 Å². The fraction of sp³-hybridized carbons (Fsp3) is 0.304. The molecule has 0 atom stereocenters. The number of piperazine rings is 1. The first kappa shape index (κ1) is 20.3. The molecule has 0 spiro atoms. The van der Waals surface area contributed by atoms with E-state index in [9.17, 15) is 9.59 Å². The Morgan fingerprint density at radius 2 is 1.77 bits per heavy atom. The van der Waals surface area contributed by atoms with Crippen LogP contribution in [-0.4, -0.2) is 42.9 Å². The van der Waals surface area contributed by atoms with Crippen molar-refractivity contribution in [3.8, 4) is 0 Å². The average molecular weight is 426 g/mol. The lowest BCUT2D eigenvalue weighted by atomic mass is 10.1. The zero-order valence-corrected chi connectivity index (χ0v) is 17.8. The van der Waals surface area contributed by atoms with E-state index >= 15 is 0 Å². The van der Waals surface area contributed by atoms with E-state index in [4.69, 9.17) is 16.0 Å². The SMILES string of the molecule is CC(C)C(=O)N1CCN(c2ccc(Cl)cc2NC(=O)c2cc3ccccc3o2)CC1. The van der Waals surface area contributed by atoms with Crippen molar-refractivity contribution < 1.29 is 14.0 Å². The number of fused-ring (bicyclic) bond motifs is 1. The highest BCUT2D eigenvalue weighted by Crippen LogP contribution is 2.31. The van der Waals surface area contributed by atoms with Crippen LogP contribution < -0.4 is 10.2 Å². The molecular weight excluding hydrogens is 402 g/mol. The van der Waals surface area contributed by atoms with Gasteiger partial charge in [0.25, 0.3) is 5.91 Å². The molecule has 0 unspecified atom stereocenters. The van der Waals surface area contributed by atoms with Crippen molar-refractivity contribution in [2.45, 2.75) is 13.8 Å². The van der Waals surface area contributed by atoms with Crippen LogP contribution in [0.1, 0.15) is 24.4 Å². The summed E-state index contributed by atoms with van der Waals surface area (Å²) in [6.07, 6.45) is 0. The van der Waals surface area contributed by atoms with Crippen LogP contribution in [0.2, 0.25) is 5.02 Å². The van der Waals surface area contributed by atoms with E-state index in [0.717, 1.165) is 11.1 Å². The number of carbonyl (C=O) groups is 2. The van der Waals surface area contributed by atoms with E-state index in [1.165, 1.54) is 0 Å². The lowest BCUT2D eigenvalue weighted by Gasteiger charge is -2.37. The molecule has 1 aromatic heterocycles. The first-order chi connectivity index (χ1) is 14.4. The summed E-state index contributed by atoms with van der Waals surface area (Å²) in [5.74, 6) is 0.0766. The highest BCUT2D eigenvalue weighted by atomic mass is 35.5. The number of nitrogens with zero attached hydrogens (tertiary/aromatic N) is 2. The van der Waals surface area contributed by atoms with Crippen LogP contribution in [-0.2, 0) is 4.79 Å². The lowest BCUT2D eigenvalue weighted by Crippen LogP contribution is -2.50. The van der Waals surface area contributed by atoms with Gasteiger partial charge in [0, 0.05) is 42.5 Å². The van der Waals surface area contributed by atoms with E-state index in [1.807, 2.05) is 49.1 Å². The zero-order valence-electron chi connectivity index (χ0n) is 17.0. The number of furan rings is 1.